The van der Waals surface area contributed by atoms with E-state index in [0.717, 1.165) is 16.2 Å². The highest BCUT2D eigenvalue weighted by atomic mass is 79.9. The van der Waals surface area contributed by atoms with Crippen molar-refractivity contribution in [2.45, 2.75) is 19.3 Å². The average molecular weight is 242 g/mol. The number of halogens is 2. The van der Waals surface area contributed by atoms with Gasteiger partial charge in [-0.25, -0.2) is 0 Å². The van der Waals surface area contributed by atoms with Gasteiger partial charge in [-0.2, -0.15) is 0 Å². The van der Waals surface area contributed by atoms with Crippen LogP contribution >= 0.6 is 31.9 Å². The molecule has 0 aromatic carbocycles. The van der Waals surface area contributed by atoms with Gasteiger partial charge in [0.1, 0.15) is 0 Å². The molecule has 0 aromatic rings. The quantitative estimate of drug-likeness (QED) is 0.523. The summed E-state index contributed by atoms with van der Waals surface area (Å²) in [5.74, 6) is 0. The molecule has 0 radical (unpaired) electrons. The molecule has 0 atom stereocenters. The fraction of sp³-hybridized carbons (Fsp3) is 0.667. The van der Waals surface area contributed by atoms with Crippen LogP contribution in [0, 0.1) is 0 Å². The highest BCUT2D eigenvalue weighted by molar-refractivity contribution is 9.11. The third-order valence-corrected chi connectivity index (χ3v) is 1.79. The van der Waals surface area contributed by atoms with Gasteiger partial charge in [0.05, 0.1) is 0 Å². The summed E-state index contributed by atoms with van der Waals surface area (Å²) in [6.45, 7) is 3.73. The van der Waals surface area contributed by atoms with Crippen LogP contribution in [0.25, 0.3) is 0 Å². The Morgan fingerprint density at radius 3 is 2.38 bits per heavy atom. The maximum absolute atomic E-state index is 3.73. The van der Waals surface area contributed by atoms with Gasteiger partial charge in [-0.1, -0.05) is 38.4 Å². The maximum atomic E-state index is 3.73. The highest BCUT2D eigenvalue weighted by Gasteiger charge is 1.86. The molecule has 8 heavy (non-hydrogen) atoms. The SMILES string of the molecule is C=C(Br)CCCCBr. The second-order valence-corrected chi connectivity index (χ2v) is 3.58. The minimum atomic E-state index is 1.10. The number of allylic oxidation sites excluding steroid dienone is 1. The summed E-state index contributed by atoms with van der Waals surface area (Å²) in [5, 5.41) is 1.10. The van der Waals surface area contributed by atoms with Gasteiger partial charge in [0.2, 0.25) is 0 Å². The zero-order valence-corrected chi connectivity index (χ0v) is 7.96. The number of alkyl halides is 1. The zero-order chi connectivity index (χ0) is 6.41. The van der Waals surface area contributed by atoms with Crippen LogP contribution in [0.5, 0.6) is 0 Å². The molecule has 0 aliphatic carbocycles. The fourth-order valence-corrected chi connectivity index (χ4v) is 1.09. The molecule has 0 rings (SSSR count). The second-order valence-electron chi connectivity index (χ2n) is 1.66. The van der Waals surface area contributed by atoms with E-state index in [1.807, 2.05) is 0 Å². The Morgan fingerprint density at radius 1 is 1.38 bits per heavy atom. The van der Waals surface area contributed by atoms with Gasteiger partial charge < -0.3 is 0 Å². The lowest BCUT2D eigenvalue weighted by atomic mass is 10.2. The predicted molar refractivity (Wildman–Crippen MR) is 45.7 cm³/mol. The Morgan fingerprint density at radius 2 is 2.00 bits per heavy atom. The highest BCUT2D eigenvalue weighted by Crippen LogP contribution is 2.11. The Labute approximate surface area is 67.6 Å². The largest absolute Gasteiger partial charge is 0.0928 e. The molecule has 0 aromatic heterocycles. The lowest BCUT2D eigenvalue weighted by molar-refractivity contribution is 0.823. The van der Waals surface area contributed by atoms with E-state index >= 15 is 0 Å². The van der Waals surface area contributed by atoms with Crippen molar-refractivity contribution in [3.05, 3.63) is 11.1 Å². The normalized spacial score (nSPS) is 9.25. The minimum absolute atomic E-state index is 1.10. The molecular formula is C6H10Br2. The van der Waals surface area contributed by atoms with Crippen molar-refractivity contribution in [2.24, 2.45) is 0 Å². The molecular weight excluding hydrogens is 232 g/mol. The molecule has 0 saturated heterocycles. The predicted octanol–water partition coefficient (Wildman–Crippen LogP) is 3.46. The van der Waals surface area contributed by atoms with E-state index in [1.165, 1.54) is 12.8 Å². The molecule has 48 valence electrons. The molecule has 0 heterocycles. The summed E-state index contributed by atoms with van der Waals surface area (Å²) in [6.07, 6.45) is 3.57. The van der Waals surface area contributed by atoms with Crippen molar-refractivity contribution in [1.82, 2.24) is 0 Å². The topological polar surface area (TPSA) is 0 Å². The lowest BCUT2D eigenvalue weighted by Crippen LogP contribution is -1.75. The minimum Gasteiger partial charge on any atom is -0.0928 e. The monoisotopic (exact) mass is 240 g/mol. The average Bonchev–Trinajstić information content (AvgIpc) is 1.66. The van der Waals surface area contributed by atoms with E-state index in [1.54, 1.807) is 0 Å². The van der Waals surface area contributed by atoms with Crippen molar-refractivity contribution in [3.63, 3.8) is 0 Å². The Bertz CT molecular complexity index is 68.9. The van der Waals surface area contributed by atoms with Crippen molar-refractivity contribution in [3.8, 4) is 0 Å². The van der Waals surface area contributed by atoms with Gasteiger partial charge in [-0.15, -0.1) is 0 Å². The van der Waals surface area contributed by atoms with Gasteiger partial charge in [-0.3, -0.25) is 0 Å². The fourth-order valence-electron chi connectivity index (χ4n) is 0.411. The van der Waals surface area contributed by atoms with Crippen molar-refractivity contribution >= 4 is 31.9 Å². The summed E-state index contributed by atoms with van der Waals surface area (Å²) in [5.41, 5.74) is 0. The van der Waals surface area contributed by atoms with Crippen molar-refractivity contribution in [1.29, 1.82) is 0 Å². The Kier molecular flexibility index (Phi) is 6.34. The van der Waals surface area contributed by atoms with Crippen LogP contribution in [0.15, 0.2) is 11.1 Å². The molecule has 2 heteroatoms. The molecule has 0 bridgehead atoms. The standard InChI is InChI=1S/C6H10Br2/c1-6(8)4-2-3-5-7/h1-5H2. The molecule has 0 nitrogen and oxygen atoms in total. The lowest BCUT2D eigenvalue weighted by Gasteiger charge is -1.92. The number of hydrogen-bond acceptors (Lipinski definition) is 0. The molecule has 0 fully saturated rings. The molecule has 0 N–H and O–H groups in total. The van der Waals surface area contributed by atoms with E-state index in [4.69, 9.17) is 0 Å². The van der Waals surface area contributed by atoms with E-state index in [0.29, 0.717) is 0 Å². The van der Waals surface area contributed by atoms with Crippen LogP contribution < -0.4 is 0 Å². The summed E-state index contributed by atoms with van der Waals surface area (Å²) in [4.78, 5) is 0. The van der Waals surface area contributed by atoms with Gasteiger partial charge in [0.25, 0.3) is 0 Å². The summed E-state index contributed by atoms with van der Waals surface area (Å²) < 4.78 is 1.11. The van der Waals surface area contributed by atoms with E-state index in [9.17, 15) is 0 Å². The van der Waals surface area contributed by atoms with Gasteiger partial charge in [0, 0.05) is 5.33 Å². The van der Waals surface area contributed by atoms with Crippen molar-refractivity contribution < 1.29 is 0 Å². The number of hydrogen-bond donors (Lipinski definition) is 0. The summed E-state index contributed by atoms with van der Waals surface area (Å²) in [7, 11) is 0. The maximum Gasteiger partial charge on any atom is 0.00314 e. The molecule has 0 aliphatic heterocycles. The number of rotatable bonds is 4. The van der Waals surface area contributed by atoms with Crippen molar-refractivity contribution in [2.75, 3.05) is 5.33 Å². The third kappa shape index (κ3) is 6.70. The van der Waals surface area contributed by atoms with Gasteiger partial charge in [-0.05, 0) is 23.7 Å². The van der Waals surface area contributed by atoms with Gasteiger partial charge >= 0.3 is 0 Å². The van der Waals surface area contributed by atoms with Crippen LogP contribution in [0.2, 0.25) is 0 Å². The van der Waals surface area contributed by atoms with Crippen LogP contribution in [0.4, 0.5) is 0 Å². The van der Waals surface area contributed by atoms with Gasteiger partial charge in [0.15, 0.2) is 0 Å². The molecule has 0 amide bonds. The van der Waals surface area contributed by atoms with Crippen LogP contribution in [0.3, 0.4) is 0 Å². The first-order chi connectivity index (χ1) is 3.77. The number of unbranched alkanes of at least 4 members (excludes halogenated alkanes) is 1. The first-order valence-corrected chi connectivity index (χ1v) is 4.58. The third-order valence-electron chi connectivity index (χ3n) is 0.832. The first-order valence-electron chi connectivity index (χ1n) is 2.66. The Balaban J connectivity index is 2.82. The first kappa shape index (κ1) is 8.70. The van der Waals surface area contributed by atoms with Crippen LogP contribution in [0.1, 0.15) is 19.3 Å². The van der Waals surface area contributed by atoms with Crippen LogP contribution in [-0.4, -0.2) is 5.33 Å². The molecule has 0 unspecified atom stereocenters. The van der Waals surface area contributed by atoms with Crippen LogP contribution in [-0.2, 0) is 0 Å². The Hall–Kier alpha value is 0.700. The second kappa shape index (κ2) is 5.83. The smallest absolute Gasteiger partial charge is 0.00314 e. The van der Waals surface area contributed by atoms with E-state index in [-0.39, 0.29) is 0 Å². The summed E-state index contributed by atoms with van der Waals surface area (Å²) in [6, 6.07) is 0. The van der Waals surface area contributed by atoms with E-state index < -0.39 is 0 Å². The van der Waals surface area contributed by atoms with E-state index in [2.05, 4.69) is 38.4 Å². The zero-order valence-electron chi connectivity index (χ0n) is 4.79. The molecule has 0 saturated carbocycles. The summed E-state index contributed by atoms with van der Waals surface area (Å²) >= 11 is 6.65. The molecule has 0 spiro atoms. The molecule has 0 aliphatic rings.